The van der Waals surface area contributed by atoms with Gasteiger partial charge in [0, 0.05) is 45.5 Å². The van der Waals surface area contributed by atoms with Crippen LogP contribution in [0, 0.1) is 5.92 Å². The molecule has 1 aliphatic heterocycles. The van der Waals surface area contributed by atoms with Gasteiger partial charge in [0.1, 0.15) is 0 Å². The molecule has 1 saturated heterocycles. The Kier molecular flexibility index (Phi) is 12.2. The molecule has 1 aromatic rings. The molecule has 1 heterocycles. The normalized spacial score (nSPS) is 16.8. The SMILES string of the molecule is CCC(CC)C(CNC(=NC)NCc1ccc(S(C)(=O)=O)cc1)N1CCOCC1.I. The Balaban J connectivity index is 0.00000450. The van der Waals surface area contributed by atoms with Gasteiger partial charge in [-0.2, -0.15) is 0 Å². The number of halogens is 1. The van der Waals surface area contributed by atoms with Crippen LogP contribution in [-0.4, -0.2) is 71.5 Å². The first kappa shape index (κ1) is 27.1. The summed E-state index contributed by atoms with van der Waals surface area (Å²) in [5.74, 6) is 1.38. The second-order valence-corrected chi connectivity index (χ2v) is 9.53. The molecule has 1 unspecified atom stereocenters. The van der Waals surface area contributed by atoms with Gasteiger partial charge in [-0.1, -0.05) is 38.8 Å². The molecular formula is C21H37IN4O3S. The second-order valence-electron chi connectivity index (χ2n) is 7.52. The van der Waals surface area contributed by atoms with Gasteiger partial charge in [0.05, 0.1) is 18.1 Å². The van der Waals surface area contributed by atoms with Crippen molar-refractivity contribution in [2.75, 3.05) is 46.2 Å². The number of nitrogens with one attached hydrogen (secondary N) is 2. The highest BCUT2D eigenvalue weighted by atomic mass is 127. The molecule has 1 atom stereocenters. The van der Waals surface area contributed by atoms with E-state index in [2.05, 4.69) is 34.4 Å². The van der Waals surface area contributed by atoms with Crippen molar-refractivity contribution in [3.63, 3.8) is 0 Å². The van der Waals surface area contributed by atoms with E-state index in [0.717, 1.165) is 57.2 Å². The van der Waals surface area contributed by atoms with Crippen LogP contribution in [0.25, 0.3) is 0 Å². The van der Waals surface area contributed by atoms with Crippen LogP contribution in [0.1, 0.15) is 32.3 Å². The Bertz CT molecular complexity index is 746. The third-order valence-corrected chi connectivity index (χ3v) is 6.75. The molecule has 30 heavy (non-hydrogen) atoms. The van der Waals surface area contributed by atoms with Gasteiger partial charge in [0.25, 0.3) is 0 Å². The van der Waals surface area contributed by atoms with Gasteiger partial charge in [-0.3, -0.25) is 9.89 Å². The maximum Gasteiger partial charge on any atom is 0.191 e. The number of sulfone groups is 1. The monoisotopic (exact) mass is 552 g/mol. The topological polar surface area (TPSA) is 83.0 Å². The van der Waals surface area contributed by atoms with Gasteiger partial charge in [-0.05, 0) is 23.6 Å². The summed E-state index contributed by atoms with van der Waals surface area (Å²) in [7, 11) is -1.40. The zero-order valence-electron chi connectivity index (χ0n) is 18.6. The van der Waals surface area contributed by atoms with Crippen LogP contribution < -0.4 is 10.6 Å². The molecule has 7 nitrogen and oxygen atoms in total. The van der Waals surface area contributed by atoms with E-state index in [-0.39, 0.29) is 24.0 Å². The molecular weight excluding hydrogens is 515 g/mol. The minimum absolute atomic E-state index is 0. The molecule has 0 saturated carbocycles. The number of nitrogens with zero attached hydrogens (tertiary/aromatic N) is 2. The predicted octanol–water partition coefficient (Wildman–Crippen LogP) is 2.51. The molecule has 1 aliphatic rings. The van der Waals surface area contributed by atoms with Crippen molar-refractivity contribution in [2.24, 2.45) is 10.9 Å². The zero-order chi connectivity index (χ0) is 21.3. The molecule has 0 aliphatic carbocycles. The molecule has 0 aromatic heterocycles. The summed E-state index contributed by atoms with van der Waals surface area (Å²) in [5.41, 5.74) is 1.00. The van der Waals surface area contributed by atoms with Crippen LogP contribution in [0.4, 0.5) is 0 Å². The number of benzene rings is 1. The summed E-state index contributed by atoms with van der Waals surface area (Å²) >= 11 is 0. The summed E-state index contributed by atoms with van der Waals surface area (Å²) < 4.78 is 28.7. The lowest BCUT2D eigenvalue weighted by molar-refractivity contribution is 0.00272. The fourth-order valence-corrected chi connectivity index (χ4v) is 4.43. The van der Waals surface area contributed by atoms with Gasteiger partial charge in [-0.15, -0.1) is 24.0 Å². The fourth-order valence-electron chi connectivity index (χ4n) is 3.80. The quantitative estimate of drug-likeness (QED) is 0.279. The first-order valence-corrected chi connectivity index (χ1v) is 12.3. The van der Waals surface area contributed by atoms with Crippen molar-refractivity contribution in [1.29, 1.82) is 0 Å². The van der Waals surface area contributed by atoms with E-state index in [1.54, 1.807) is 19.2 Å². The minimum atomic E-state index is -3.17. The van der Waals surface area contributed by atoms with E-state index in [9.17, 15) is 8.42 Å². The third-order valence-electron chi connectivity index (χ3n) is 5.62. The van der Waals surface area contributed by atoms with Crippen LogP contribution in [-0.2, 0) is 21.1 Å². The van der Waals surface area contributed by atoms with Crippen molar-refractivity contribution in [3.05, 3.63) is 29.8 Å². The number of hydrogen-bond acceptors (Lipinski definition) is 5. The van der Waals surface area contributed by atoms with E-state index in [1.165, 1.54) is 6.26 Å². The highest BCUT2D eigenvalue weighted by Crippen LogP contribution is 2.19. The lowest BCUT2D eigenvalue weighted by Gasteiger charge is -2.39. The Hall–Kier alpha value is -0.910. The molecule has 0 amide bonds. The van der Waals surface area contributed by atoms with Gasteiger partial charge in [0.2, 0.25) is 0 Å². The van der Waals surface area contributed by atoms with Crippen molar-refractivity contribution in [1.82, 2.24) is 15.5 Å². The summed E-state index contributed by atoms with van der Waals surface area (Å²) in [5, 5.41) is 6.81. The van der Waals surface area contributed by atoms with Gasteiger partial charge >= 0.3 is 0 Å². The van der Waals surface area contributed by atoms with E-state index in [0.29, 0.717) is 23.4 Å². The number of aliphatic imine (C=N–C) groups is 1. The second kappa shape index (κ2) is 13.5. The minimum Gasteiger partial charge on any atom is -0.379 e. The highest BCUT2D eigenvalue weighted by Gasteiger charge is 2.27. The number of rotatable bonds is 9. The zero-order valence-corrected chi connectivity index (χ0v) is 21.7. The third kappa shape index (κ3) is 8.32. The van der Waals surface area contributed by atoms with Gasteiger partial charge in [-0.25, -0.2) is 8.42 Å². The van der Waals surface area contributed by atoms with E-state index in [4.69, 9.17) is 4.74 Å². The molecule has 1 fully saturated rings. The summed E-state index contributed by atoms with van der Waals surface area (Å²) in [6.07, 6.45) is 3.52. The first-order chi connectivity index (χ1) is 13.9. The summed E-state index contributed by atoms with van der Waals surface area (Å²) in [6, 6.07) is 7.39. The van der Waals surface area contributed by atoms with Crippen molar-refractivity contribution in [2.45, 2.75) is 44.2 Å². The summed E-state index contributed by atoms with van der Waals surface area (Å²) in [6.45, 7) is 9.48. The van der Waals surface area contributed by atoms with Crippen LogP contribution in [0.5, 0.6) is 0 Å². The lowest BCUT2D eigenvalue weighted by Crippen LogP contribution is -2.53. The molecule has 0 spiro atoms. The first-order valence-electron chi connectivity index (χ1n) is 10.4. The average molecular weight is 553 g/mol. The lowest BCUT2D eigenvalue weighted by atomic mass is 9.92. The molecule has 2 N–H and O–H groups in total. The van der Waals surface area contributed by atoms with Crippen molar-refractivity contribution >= 4 is 39.8 Å². The number of morpholine rings is 1. The molecule has 9 heteroatoms. The maximum atomic E-state index is 11.6. The molecule has 172 valence electrons. The van der Waals surface area contributed by atoms with E-state index < -0.39 is 9.84 Å². The van der Waals surface area contributed by atoms with Crippen LogP contribution >= 0.6 is 24.0 Å². The van der Waals surface area contributed by atoms with Crippen LogP contribution in [0.2, 0.25) is 0 Å². The van der Waals surface area contributed by atoms with E-state index >= 15 is 0 Å². The van der Waals surface area contributed by atoms with Crippen LogP contribution in [0.3, 0.4) is 0 Å². The number of guanidine groups is 1. The Morgan fingerprint density at radius 2 is 1.73 bits per heavy atom. The van der Waals surface area contributed by atoms with Gasteiger partial charge in [0.15, 0.2) is 15.8 Å². The molecule has 0 radical (unpaired) electrons. The molecule has 1 aromatic carbocycles. The Morgan fingerprint density at radius 1 is 1.13 bits per heavy atom. The maximum absolute atomic E-state index is 11.6. The summed E-state index contributed by atoms with van der Waals surface area (Å²) in [4.78, 5) is 7.21. The smallest absolute Gasteiger partial charge is 0.191 e. The molecule has 0 bridgehead atoms. The number of hydrogen-bond donors (Lipinski definition) is 2. The average Bonchev–Trinajstić information content (AvgIpc) is 2.73. The fraction of sp³-hybridized carbons (Fsp3) is 0.667. The van der Waals surface area contributed by atoms with Crippen molar-refractivity contribution in [3.8, 4) is 0 Å². The van der Waals surface area contributed by atoms with Crippen LogP contribution in [0.15, 0.2) is 34.2 Å². The standard InChI is InChI=1S/C21H36N4O3S.HI/c1-5-18(6-2)20(25-11-13-28-14-12-25)16-24-21(22-3)23-15-17-7-9-19(10-8-17)29(4,26)27;/h7-10,18,20H,5-6,11-16H2,1-4H3,(H2,22,23,24);1H. The largest absolute Gasteiger partial charge is 0.379 e. The Labute approximate surface area is 199 Å². The molecule has 2 rings (SSSR count). The number of ether oxygens (including phenoxy) is 1. The van der Waals surface area contributed by atoms with E-state index in [1.807, 2.05) is 12.1 Å². The highest BCUT2D eigenvalue weighted by molar-refractivity contribution is 14.0. The Morgan fingerprint density at radius 3 is 2.23 bits per heavy atom. The predicted molar refractivity (Wildman–Crippen MR) is 133 cm³/mol. The van der Waals surface area contributed by atoms with Crippen molar-refractivity contribution < 1.29 is 13.2 Å². The van der Waals surface area contributed by atoms with Gasteiger partial charge < -0.3 is 15.4 Å².